The average molecular weight is 279 g/mol. The Bertz CT molecular complexity index is 645. The number of alkyl halides is 3. The van der Waals surface area contributed by atoms with Crippen molar-refractivity contribution in [2.75, 3.05) is 5.43 Å². The van der Waals surface area contributed by atoms with Crippen LogP contribution in [-0.4, -0.2) is 12.1 Å². The molecule has 0 bridgehead atoms. The van der Waals surface area contributed by atoms with E-state index in [0.29, 0.717) is 0 Å². The van der Waals surface area contributed by atoms with Crippen molar-refractivity contribution >= 4 is 11.4 Å². The summed E-state index contributed by atoms with van der Waals surface area (Å²) in [7, 11) is 0. The maximum absolute atomic E-state index is 12.2. The van der Waals surface area contributed by atoms with Crippen LogP contribution in [0.2, 0.25) is 0 Å². The molecule has 0 atom stereocenters. The zero-order valence-corrected chi connectivity index (χ0v) is 9.56. The second kappa shape index (κ2) is 6.07. The fourth-order valence-corrected chi connectivity index (χ4v) is 1.08. The summed E-state index contributed by atoms with van der Waals surface area (Å²) in [6, 6.07) is 7.68. The lowest BCUT2D eigenvalue weighted by molar-refractivity contribution is -0.274. The molecule has 0 aliphatic carbocycles. The van der Waals surface area contributed by atoms with Crippen molar-refractivity contribution in [1.82, 2.24) is 0 Å². The number of hydrazone groups is 1. The number of hydrogen-bond donors (Lipinski definition) is 1. The first-order valence-electron chi connectivity index (χ1n) is 4.83. The van der Waals surface area contributed by atoms with Gasteiger partial charge in [-0.25, -0.2) is 0 Å². The largest absolute Gasteiger partial charge is 0.573 e. The number of benzene rings is 1. The van der Waals surface area contributed by atoms with Gasteiger partial charge in [-0.1, -0.05) is 0 Å². The topological polar surface area (TPSA) is 105 Å². The van der Waals surface area contributed by atoms with Gasteiger partial charge >= 0.3 is 6.36 Å². The Morgan fingerprint density at radius 1 is 1.20 bits per heavy atom. The van der Waals surface area contributed by atoms with Crippen molar-refractivity contribution in [3.05, 3.63) is 23.8 Å². The Labute approximate surface area is 110 Å². The van der Waals surface area contributed by atoms with E-state index >= 15 is 0 Å². The zero-order chi connectivity index (χ0) is 15.2. The zero-order valence-electron chi connectivity index (χ0n) is 9.56. The van der Waals surface area contributed by atoms with Gasteiger partial charge in [0.1, 0.15) is 12.1 Å². The lowest BCUT2D eigenvalue weighted by Gasteiger charge is -2.12. The van der Waals surface area contributed by atoms with E-state index in [1.54, 1.807) is 6.07 Å². The Kier molecular flexibility index (Phi) is 4.50. The molecule has 0 aliphatic rings. The van der Waals surface area contributed by atoms with E-state index in [2.05, 4.69) is 15.3 Å². The van der Waals surface area contributed by atoms with E-state index in [9.17, 15) is 13.2 Å². The lowest BCUT2D eigenvalue weighted by Crippen LogP contribution is -2.18. The van der Waals surface area contributed by atoms with E-state index in [-0.39, 0.29) is 11.3 Å². The van der Waals surface area contributed by atoms with Crippen molar-refractivity contribution < 1.29 is 17.9 Å². The highest BCUT2D eigenvalue weighted by molar-refractivity contribution is 6.10. The minimum Gasteiger partial charge on any atom is -0.403 e. The van der Waals surface area contributed by atoms with Crippen LogP contribution in [0.4, 0.5) is 18.9 Å². The molecule has 1 aromatic rings. The van der Waals surface area contributed by atoms with Gasteiger partial charge in [-0.05, 0) is 12.1 Å². The summed E-state index contributed by atoms with van der Waals surface area (Å²) >= 11 is 0. The molecule has 0 unspecified atom stereocenters. The van der Waals surface area contributed by atoms with Gasteiger partial charge in [0, 0.05) is 6.07 Å². The number of nitrogens with one attached hydrogen (secondary N) is 1. The molecule has 0 aromatic heterocycles. The van der Waals surface area contributed by atoms with Crippen LogP contribution < -0.4 is 10.2 Å². The maximum Gasteiger partial charge on any atom is 0.573 e. The van der Waals surface area contributed by atoms with Crippen LogP contribution in [0, 0.1) is 34.0 Å². The standard InChI is InChI=1S/C11H4F3N5O/c12-11(13,14)20-10-3-7(4-15)1-2-9(10)19-18-8(5-16)6-17/h1-3,19H. The Balaban J connectivity index is 3.14. The van der Waals surface area contributed by atoms with Crippen molar-refractivity contribution in [1.29, 1.82) is 15.8 Å². The second-order valence-electron chi connectivity index (χ2n) is 3.17. The second-order valence-corrected chi connectivity index (χ2v) is 3.17. The number of hydrogen-bond acceptors (Lipinski definition) is 6. The molecular formula is C11H4F3N5O. The molecule has 0 saturated carbocycles. The molecule has 0 aliphatic heterocycles. The van der Waals surface area contributed by atoms with Crippen molar-refractivity contribution in [3.63, 3.8) is 0 Å². The van der Waals surface area contributed by atoms with Gasteiger partial charge < -0.3 is 4.74 Å². The van der Waals surface area contributed by atoms with Crippen molar-refractivity contribution in [3.8, 4) is 24.0 Å². The van der Waals surface area contributed by atoms with Crippen LogP contribution >= 0.6 is 0 Å². The van der Waals surface area contributed by atoms with Gasteiger partial charge in [-0.2, -0.15) is 20.9 Å². The van der Waals surface area contributed by atoms with E-state index in [1.165, 1.54) is 18.2 Å². The normalized spacial score (nSPS) is 9.60. The van der Waals surface area contributed by atoms with Crippen LogP contribution in [0.15, 0.2) is 23.3 Å². The number of ether oxygens (including phenoxy) is 1. The summed E-state index contributed by atoms with van der Waals surface area (Å²) < 4.78 is 40.4. The molecule has 1 aromatic carbocycles. The van der Waals surface area contributed by atoms with Crippen LogP contribution in [0.3, 0.4) is 0 Å². The Morgan fingerprint density at radius 2 is 1.85 bits per heavy atom. The van der Waals surface area contributed by atoms with E-state index < -0.39 is 17.8 Å². The molecule has 6 nitrogen and oxygen atoms in total. The molecule has 0 radical (unpaired) electrons. The highest BCUT2D eigenvalue weighted by Gasteiger charge is 2.32. The van der Waals surface area contributed by atoms with Crippen molar-refractivity contribution in [2.24, 2.45) is 5.10 Å². The van der Waals surface area contributed by atoms with Gasteiger partial charge in [0.05, 0.1) is 17.3 Å². The predicted octanol–water partition coefficient (Wildman–Crippen LogP) is 2.27. The van der Waals surface area contributed by atoms with E-state index in [1.807, 2.05) is 0 Å². The predicted molar refractivity (Wildman–Crippen MR) is 60.1 cm³/mol. The number of anilines is 1. The molecular weight excluding hydrogens is 275 g/mol. The minimum atomic E-state index is -4.96. The maximum atomic E-state index is 12.2. The van der Waals surface area contributed by atoms with Crippen LogP contribution in [-0.2, 0) is 0 Å². The summed E-state index contributed by atoms with van der Waals surface area (Å²) in [6.45, 7) is 0. The van der Waals surface area contributed by atoms with Gasteiger partial charge in [0.15, 0.2) is 5.75 Å². The minimum absolute atomic E-state index is 0.0560. The molecule has 0 amide bonds. The first-order valence-corrected chi connectivity index (χ1v) is 4.83. The number of nitrogens with zero attached hydrogens (tertiary/aromatic N) is 4. The lowest BCUT2D eigenvalue weighted by atomic mass is 10.2. The highest BCUT2D eigenvalue weighted by Crippen LogP contribution is 2.31. The molecule has 1 rings (SSSR count). The Morgan fingerprint density at radius 3 is 2.35 bits per heavy atom. The van der Waals surface area contributed by atoms with E-state index in [4.69, 9.17) is 15.8 Å². The molecule has 0 fully saturated rings. The molecule has 1 N–H and O–H groups in total. The van der Waals surface area contributed by atoms with Gasteiger partial charge in [0.2, 0.25) is 5.71 Å². The Hall–Kier alpha value is -3.25. The first-order chi connectivity index (χ1) is 9.39. The first kappa shape index (κ1) is 14.8. The molecule has 9 heteroatoms. The molecule has 0 spiro atoms. The van der Waals surface area contributed by atoms with Crippen LogP contribution in [0.1, 0.15) is 5.56 Å². The third-order valence-corrected chi connectivity index (χ3v) is 1.84. The average Bonchev–Trinajstić information content (AvgIpc) is 2.39. The van der Waals surface area contributed by atoms with Crippen molar-refractivity contribution in [2.45, 2.75) is 6.36 Å². The summed E-state index contributed by atoms with van der Waals surface area (Å²) in [5.74, 6) is -0.699. The summed E-state index contributed by atoms with van der Waals surface area (Å²) in [4.78, 5) is 0. The quantitative estimate of drug-likeness (QED) is 0.674. The third kappa shape index (κ3) is 4.21. The van der Waals surface area contributed by atoms with E-state index in [0.717, 1.165) is 12.1 Å². The fourth-order valence-electron chi connectivity index (χ4n) is 1.08. The van der Waals surface area contributed by atoms with Gasteiger partial charge in [0.25, 0.3) is 0 Å². The van der Waals surface area contributed by atoms with Crippen LogP contribution in [0.25, 0.3) is 0 Å². The summed E-state index contributed by atoms with van der Waals surface area (Å²) in [5, 5.41) is 28.8. The smallest absolute Gasteiger partial charge is 0.403 e. The molecule has 100 valence electrons. The molecule has 0 saturated heterocycles. The number of rotatable bonds is 3. The fraction of sp³-hybridized carbons (Fsp3) is 0.0909. The number of nitriles is 3. The molecule has 20 heavy (non-hydrogen) atoms. The van der Waals surface area contributed by atoms with Gasteiger partial charge in [-0.3, -0.25) is 5.43 Å². The SMILES string of the molecule is N#CC(C#N)=NNc1ccc(C#N)cc1OC(F)(F)F. The van der Waals surface area contributed by atoms with Gasteiger partial charge in [-0.15, -0.1) is 13.2 Å². The summed E-state index contributed by atoms with van der Waals surface area (Å²) in [5.41, 5.74) is 1.22. The van der Waals surface area contributed by atoms with Crippen LogP contribution in [0.5, 0.6) is 5.75 Å². The molecule has 0 heterocycles. The third-order valence-electron chi connectivity index (χ3n) is 1.84. The number of halogens is 3. The highest BCUT2D eigenvalue weighted by atomic mass is 19.4. The monoisotopic (exact) mass is 279 g/mol. The summed E-state index contributed by atoms with van der Waals surface area (Å²) in [6.07, 6.45) is -4.96.